The van der Waals surface area contributed by atoms with Crippen LogP contribution in [0.15, 0.2) is 62.1 Å². The Labute approximate surface area is 187 Å². The minimum absolute atomic E-state index is 0.0146. The number of allylic oxidation sites excluding steroid dienone is 2. The molecule has 3 aromatic heterocycles. The van der Waals surface area contributed by atoms with Gasteiger partial charge in [0.2, 0.25) is 0 Å². The second-order valence-electron chi connectivity index (χ2n) is 7.66. The summed E-state index contributed by atoms with van der Waals surface area (Å²) >= 11 is 2.83. The van der Waals surface area contributed by atoms with Gasteiger partial charge in [0.05, 0.1) is 22.2 Å². The van der Waals surface area contributed by atoms with Crippen molar-refractivity contribution in [2.45, 2.75) is 49.6 Å². The predicted molar refractivity (Wildman–Crippen MR) is 127 cm³/mol. The van der Waals surface area contributed by atoms with E-state index in [0.717, 1.165) is 19.3 Å². The Kier molecular flexibility index (Phi) is 5.74. The summed E-state index contributed by atoms with van der Waals surface area (Å²) < 4.78 is 2.42. The van der Waals surface area contributed by atoms with Crippen LogP contribution >= 0.6 is 23.1 Å². The molecule has 0 bridgehead atoms. The van der Waals surface area contributed by atoms with E-state index in [1.54, 1.807) is 4.57 Å². The minimum Gasteiger partial charge on any atom is -0.309 e. The number of thioether (sulfide) groups is 1. The molecule has 0 saturated carbocycles. The molecular formula is C23H22N4O2S2. The molecule has 1 N–H and O–H groups in total. The number of aromatic nitrogens is 4. The molecule has 6 nitrogen and oxygen atoms in total. The first kappa shape index (κ1) is 20.2. The topological polar surface area (TPSA) is 80.6 Å². The first-order chi connectivity index (χ1) is 15.2. The van der Waals surface area contributed by atoms with Crippen LogP contribution in [-0.4, -0.2) is 19.5 Å². The number of H-pyrrole nitrogens is 1. The summed E-state index contributed by atoms with van der Waals surface area (Å²) in [5.41, 5.74) is 2.69. The minimum atomic E-state index is -0.122. The Morgan fingerprint density at radius 2 is 2.00 bits per heavy atom. The van der Waals surface area contributed by atoms with Crippen molar-refractivity contribution in [2.24, 2.45) is 0 Å². The number of thiophene rings is 1. The van der Waals surface area contributed by atoms with Crippen LogP contribution in [0.1, 0.15) is 37.9 Å². The van der Waals surface area contributed by atoms with E-state index < -0.39 is 0 Å². The van der Waals surface area contributed by atoms with Crippen molar-refractivity contribution >= 4 is 44.2 Å². The van der Waals surface area contributed by atoms with E-state index in [9.17, 15) is 9.59 Å². The number of rotatable bonds is 6. The average molecular weight is 451 g/mol. The van der Waals surface area contributed by atoms with Gasteiger partial charge in [0, 0.05) is 6.54 Å². The number of fused-ring (bicyclic) bond motifs is 2. The van der Waals surface area contributed by atoms with E-state index in [2.05, 4.69) is 16.0 Å². The van der Waals surface area contributed by atoms with E-state index in [0.29, 0.717) is 44.4 Å². The van der Waals surface area contributed by atoms with Gasteiger partial charge in [-0.1, -0.05) is 35.5 Å². The second-order valence-corrected chi connectivity index (χ2v) is 9.52. The molecule has 0 atom stereocenters. The fourth-order valence-corrected chi connectivity index (χ4v) is 5.59. The molecule has 1 aliphatic rings. The molecule has 0 aliphatic heterocycles. The third-order valence-corrected chi connectivity index (χ3v) is 7.46. The molecule has 3 heterocycles. The quantitative estimate of drug-likeness (QED) is 0.257. The van der Waals surface area contributed by atoms with Crippen molar-refractivity contribution in [3.8, 4) is 0 Å². The predicted octanol–water partition coefficient (Wildman–Crippen LogP) is 4.88. The molecule has 0 spiro atoms. The van der Waals surface area contributed by atoms with Crippen molar-refractivity contribution in [3.63, 3.8) is 0 Å². The van der Waals surface area contributed by atoms with Gasteiger partial charge < -0.3 is 4.98 Å². The summed E-state index contributed by atoms with van der Waals surface area (Å²) in [5, 5.41) is 3.16. The Balaban J connectivity index is 1.47. The zero-order valence-electron chi connectivity index (χ0n) is 17.0. The SMILES string of the molecule is O=c1[nH]c(CSc2nc3ccccc3c(=O)n2CCC2=CCCCC2)nc2ccsc12. The van der Waals surface area contributed by atoms with Gasteiger partial charge in [0.15, 0.2) is 5.16 Å². The lowest BCUT2D eigenvalue weighted by atomic mass is 9.97. The molecule has 4 aromatic rings. The lowest BCUT2D eigenvalue weighted by molar-refractivity contribution is 0.569. The smallest absolute Gasteiger partial charge is 0.268 e. The number of nitrogens with one attached hydrogen (secondary N) is 1. The largest absolute Gasteiger partial charge is 0.309 e. The molecule has 0 radical (unpaired) electrons. The molecule has 0 saturated heterocycles. The summed E-state index contributed by atoms with van der Waals surface area (Å²) in [5.74, 6) is 1.03. The highest BCUT2D eigenvalue weighted by Crippen LogP contribution is 2.24. The van der Waals surface area contributed by atoms with E-state index in [1.807, 2.05) is 35.7 Å². The Morgan fingerprint density at radius 3 is 2.87 bits per heavy atom. The molecule has 0 fully saturated rings. The maximum Gasteiger partial charge on any atom is 0.268 e. The number of aromatic amines is 1. The maximum atomic E-state index is 13.2. The highest BCUT2D eigenvalue weighted by atomic mass is 32.2. The molecule has 158 valence electrons. The molecule has 0 amide bonds. The Hall–Kier alpha value is -2.71. The highest BCUT2D eigenvalue weighted by molar-refractivity contribution is 7.98. The standard InChI is InChI=1S/C23H22N4O2S2/c28-21-20-18(11-13-30-20)24-19(26-21)14-31-23-25-17-9-5-4-8-16(17)22(29)27(23)12-10-15-6-2-1-3-7-15/h4-6,8-9,11,13H,1-3,7,10,12,14H2,(H,24,26,28). The van der Waals surface area contributed by atoms with Gasteiger partial charge in [0.1, 0.15) is 10.5 Å². The second kappa shape index (κ2) is 8.80. The summed E-state index contributed by atoms with van der Waals surface area (Å²) in [6.07, 6.45) is 7.91. The van der Waals surface area contributed by atoms with Crippen molar-refractivity contribution in [2.75, 3.05) is 0 Å². The van der Waals surface area contributed by atoms with Crippen LogP contribution in [0.3, 0.4) is 0 Å². The summed E-state index contributed by atoms with van der Waals surface area (Å²) in [4.78, 5) is 37.7. The average Bonchev–Trinajstić information content (AvgIpc) is 3.27. The number of hydrogen-bond acceptors (Lipinski definition) is 6. The van der Waals surface area contributed by atoms with Crippen LogP contribution in [0.4, 0.5) is 0 Å². The van der Waals surface area contributed by atoms with Crippen molar-refractivity contribution in [1.29, 1.82) is 0 Å². The summed E-state index contributed by atoms with van der Waals surface area (Å²) in [6, 6.07) is 9.32. The third-order valence-electron chi connectivity index (χ3n) is 5.57. The fourth-order valence-electron chi connectivity index (χ4n) is 3.97. The van der Waals surface area contributed by atoms with E-state index in [4.69, 9.17) is 4.98 Å². The maximum absolute atomic E-state index is 13.2. The van der Waals surface area contributed by atoms with Crippen molar-refractivity contribution < 1.29 is 0 Å². The van der Waals surface area contributed by atoms with Crippen molar-refractivity contribution in [1.82, 2.24) is 19.5 Å². The summed E-state index contributed by atoms with van der Waals surface area (Å²) in [7, 11) is 0. The van der Waals surface area contributed by atoms with Gasteiger partial charge in [-0.15, -0.1) is 11.3 Å². The zero-order chi connectivity index (χ0) is 21.2. The van der Waals surface area contributed by atoms with Gasteiger partial charge in [-0.25, -0.2) is 9.97 Å². The number of nitrogens with zero attached hydrogens (tertiary/aromatic N) is 3. The fraction of sp³-hybridized carbons (Fsp3) is 0.304. The van der Waals surface area contributed by atoms with Crippen LogP contribution in [0.5, 0.6) is 0 Å². The lowest BCUT2D eigenvalue weighted by Crippen LogP contribution is -2.24. The number of benzene rings is 1. The van der Waals surface area contributed by atoms with Gasteiger partial charge in [-0.2, -0.15) is 0 Å². The summed E-state index contributed by atoms with van der Waals surface area (Å²) in [6.45, 7) is 0.609. The Bertz CT molecular complexity index is 1400. The third kappa shape index (κ3) is 4.22. The highest BCUT2D eigenvalue weighted by Gasteiger charge is 2.14. The van der Waals surface area contributed by atoms with Crippen LogP contribution in [0, 0.1) is 0 Å². The van der Waals surface area contributed by atoms with Gasteiger partial charge in [-0.05, 0) is 55.7 Å². The van der Waals surface area contributed by atoms with E-state index in [1.165, 1.54) is 41.5 Å². The van der Waals surface area contributed by atoms with Gasteiger partial charge >= 0.3 is 0 Å². The monoisotopic (exact) mass is 450 g/mol. The van der Waals surface area contributed by atoms with Gasteiger partial charge in [-0.3, -0.25) is 14.2 Å². The molecule has 1 aliphatic carbocycles. The normalized spacial score (nSPS) is 14.3. The van der Waals surface area contributed by atoms with Gasteiger partial charge in [0.25, 0.3) is 11.1 Å². The van der Waals surface area contributed by atoms with Crippen LogP contribution in [-0.2, 0) is 12.3 Å². The molecular weight excluding hydrogens is 428 g/mol. The number of para-hydroxylation sites is 1. The molecule has 31 heavy (non-hydrogen) atoms. The van der Waals surface area contributed by atoms with Crippen LogP contribution in [0.2, 0.25) is 0 Å². The molecule has 0 unspecified atom stereocenters. The van der Waals surface area contributed by atoms with Crippen LogP contribution in [0.25, 0.3) is 21.1 Å². The van der Waals surface area contributed by atoms with E-state index in [-0.39, 0.29) is 11.1 Å². The first-order valence-corrected chi connectivity index (χ1v) is 12.3. The zero-order valence-corrected chi connectivity index (χ0v) is 18.6. The lowest BCUT2D eigenvalue weighted by Gasteiger charge is -2.16. The number of hydrogen-bond donors (Lipinski definition) is 1. The molecule has 8 heteroatoms. The first-order valence-electron chi connectivity index (χ1n) is 10.5. The van der Waals surface area contributed by atoms with E-state index >= 15 is 0 Å². The molecule has 1 aromatic carbocycles. The molecule has 5 rings (SSSR count). The van der Waals surface area contributed by atoms with Crippen LogP contribution < -0.4 is 11.1 Å². The van der Waals surface area contributed by atoms with Crippen molar-refractivity contribution in [3.05, 3.63) is 73.9 Å². The Morgan fingerprint density at radius 1 is 1.10 bits per heavy atom.